The SMILES string of the molecule is CC[C](C)C=Cc1ccccc1. The van der Waals surface area contributed by atoms with E-state index in [9.17, 15) is 0 Å². The molecule has 0 aromatic heterocycles. The van der Waals surface area contributed by atoms with Crippen molar-refractivity contribution in [2.24, 2.45) is 0 Å². The number of benzene rings is 1. The van der Waals surface area contributed by atoms with Crippen molar-refractivity contribution in [1.82, 2.24) is 0 Å². The Balaban J connectivity index is 2.58. The number of allylic oxidation sites excluding steroid dienone is 1. The molecule has 0 aliphatic carbocycles. The fourth-order valence-corrected chi connectivity index (χ4v) is 0.920. The van der Waals surface area contributed by atoms with Crippen molar-refractivity contribution < 1.29 is 0 Å². The summed E-state index contributed by atoms with van der Waals surface area (Å²) in [7, 11) is 0. The van der Waals surface area contributed by atoms with Crippen LogP contribution in [0.2, 0.25) is 0 Å². The lowest BCUT2D eigenvalue weighted by atomic mass is 10.1. The van der Waals surface area contributed by atoms with Crippen LogP contribution in [-0.4, -0.2) is 0 Å². The molecule has 0 heterocycles. The molecule has 0 nitrogen and oxygen atoms in total. The third kappa shape index (κ3) is 2.91. The normalized spacial score (nSPS) is 11.2. The summed E-state index contributed by atoms with van der Waals surface area (Å²) < 4.78 is 0. The maximum Gasteiger partial charge on any atom is -0.00575 e. The first kappa shape index (κ1) is 9.05. The molecule has 0 unspecified atom stereocenters. The van der Waals surface area contributed by atoms with Gasteiger partial charge in [0.2, 0.25) is 0 Å². The molecule has 0 N–H and O–H groups in total. The van der Waals surface area contributed by atoms with Gasteiger partial charge in [-0.2, -0.15) is 0 Å². The van der Waals surface area contributed by atoms with Gasteiger partial charge in [-0.25, -0.2) is 0 Å². The Hall–Kier alpha value is -1.04. The Labute approximate surface area is 74.9 Å². The molecular formula is C12H15. The molecular weight excluding hydrogens is 144 g/mol. The Morgan fingerprint density at radius 1 is 1.25 bits per heavy atom. The van der Waals surface area contributed by atoms with E-state index in [-0.39, 0.29) is 0 Å². The Bertz CT molecular complexity index is 233. The molecule has 0 spiro atoms. The fourth-order valence-electron chi connectivity index (χ4n) is 0.920. The van der Waals surface area contributed by atoms with Crippen LogP contribution in [-0.2, 0) is 0 Å². The molecule has 0 fully saturated rings. The van der Waals surface area contributed by atoms with Gasteiger partial charge in [-0.3, -0.25) is 0 Å². The van der Waals surface area contributed by atoms with Gasteiger partial charge in [0.15, 0.2) is 0 Å². The summed E-state index contributed by atoms with van der Waals surface area (Å²) in [6.07, 6.45) is 5.46. The molecule has 0 amide bonds. The molecule has 0 aliphatic rings. The number of hydrogen-bond donors (Lipinski definition) is 0. The minimum atomic E-state index is 1.13. The minimum absolute atomic E-state index is 1.13. The predicted molar refractivity (Wildman–Crippen MR) is 54.7 cm³/mol. The maximum atomic E-state index is 2.18. The molecule has 0 saturated carbocycles. The van der Waals surface area contributed by atoms with Gasteiger partial charge in [-0.1, -0.05) is 56.3 Å². The van der Waals surface area contributed by atoms with E-state index in [1.165, 1.54) is 11.5 Å². The van der Waals surface area contributed by atoms with Crippen molar-refractivity contribution in [3.8, 4) is 0 Å². The zero-order valence-electron chi connectivity index (χ0n) is 7.75. The van der Waals surface area contributed by atoms with Gasteiger partial charge < -0.3 is 0 Å². The molecule has 0 aliphatic heterocycles. The highest BCUT2D eigenvalue weighted by Gasteiger charge is 1.90. The van der Waals surface area contributed by atoms with Gasteiger partial charge in [0.05, 0.1) is 0 Å². The first-order valence-corrected chi connectivity index (χ1v) is 4.38. The van der Waals surface area contributed by atoms with Crippen LogP contribution in [0.5, 0.6) is 0 Å². The van der Waals surface area contributed by atoms with Crippen molar-refractivity contribution >= 4 is 6.08 Å². The monoisotopic (exact) mass is 159 g/mol. The zero-order chi connectivity index (χ0) is 8.81. The summed E-state index contributed by atoms with van der Waals surface area (Å²) in [6.45, 7) is 4.32. The van der Waals surface area contributed by atoms with E-state index in [0.29, 0.717) is 0 Å². The highest BCUT2D eigenvalue weighted by molar-refractivity contribution is 5.51. The highest BCUT2D eigenvalue weighted by Crippen LogP contribution is 2.09. The van der Waals surface area contributed by atoms with E-state index < -0.39 is 0 Å². The summed E-state index contributed by atoms with van der Waals surface area (Å²) in [6, 6.07) is 10.4. The Kier molecular flexibility index (Phi) is 3.59. The molecule has 1 aromatic carbocycles. The van der Waals surface area contributed by atoms with Crippen LogP contribution in [0.25, 0.3) is 6.08 Å². The van der Waals surface area contributed by atoms with Gasteiger partial charge in [-0.05, 0) is 17.9 Å². The lowest BCUT2D eigenvalue weighted by Crippen LogP contribution is -1.80. The predicted octanol–water partition coefficient (Wildman–Crippen LogP) is 3.70. The molecule has 0 bridgehead atoms. The van der Waals surface area contributed by atoms with E-state index in [0.717, 1.165) is 6.42 Å². The third-order valence-corrected chi connectivity index (χ3v) is 1.92. The first-order valence-electron chi connectivity index (χ1n) is 4.38. The molecule has 1 aromatic rings. The minimum Gasteiger partial charge on any atom is -0.0771 e. The van der Waals surface area contributed by atoms with E-state index in [1.54, 1.807) is 0 Å². The first-order chi connectivity index (χ1) is 5.83. The number of rotatable bonds is 3. The molecule has 0 heteroatoms. The molecule has 63 valence electrons. The lowest BCUT2D eigenvalue weighted by molar-refractivity contribution is 0.988. The van der Waals surface area contributed by atoms with Crippen molar-refractivity contribution in [2.45, 2.75) is 20.3 Å². The third-order valence-electron chi connectivity index (χ3n) is 1.92. The average Bonchev–Trinajstić information content (AvgIpc) is 2.16. The molecule has 1 radical (unpaired) electrons. The largest absolute Gasteiger partial charge is 0.0771 e. The van der Waals surface area contributed by atoms with Crippen LogP contribution < -0.4 is 0 Å². The molecule has 12 heavy (non-hydrogen) atoms. The van der Waals surface area contributed by atoms with Crippen LogP contribution in [0.1, 0.15) is 25.8 Å². The Morgan fingerprint density at radius 2 is 1.92 bits per heavy atom. The van der Waals surface area contributed by atoms with Crippen LogP contribution >= 0.6 is 0 Å². The summed E-state index contributed by atoms with van der Waals surface area (Å²) in [5.74, 6) is 1.42. The second-order valence-corrected chi connectivity index (χ2v) is 2.94. The summed E-state index contributed by atoms with van der Waals surface area (Å²) in [4.78, 5) is 0. The van der Waals surface area contributed by atoms with Crippen molar-refractivity contribution in [1.29, 1.82) is 0 Å². The van der Waals surface area contributed by atoms with Crippen molar-refractivity contribution in [3.05, 3.63) is 47.9 Å². The van der Waals surface area contributed by atoms with Crippen molar-refractivity contribution in [3.63, 3.8) is 0 Å². The van der Waals surface area contributed by atoms with Gasteiger partial charge in [0.25, 0.3) is 0 Å². The topological polar surface area (TPSA) is 0 Å². The highest BCUT2D eigenvalue weighted by atomic mass is 14.0. The van der Waals surface area contributed by atoms with Gasteiger partial charge >= 0.3 is 0 Å². The van der Waals surface area contributed by atoms with Crippen LogP contribution in [0.15, 0.2) is 36.4 Å². The summed E-state index contributed by atoms with van der Waals surface area (Å²) >= 11 is 0. The van der Waals surface area contributed by atoms with E-state index >= 15 is 0 Å². The van der Waals surface area contributed by atoms with Gasteiger partial charge in [0, 0.05) is 0 Å². The molecule has 1 rings (SSSR count). The van der Waals surface area contributed by atoms with Gasteiger partial charge in [-0.15, -0.1) is 0 Å². The van der Waals surface area contributed by atoms with E-state index in [2.05, 4.69) is 50.3 Å². The second-order valence-electron chi connectivity index (χ2n) is 2.94. The fraction of sp³-hybridized carbons (Fsp3) is 0.250. The second kappa shape index (κ2) is 4.76. The molecule has 0 saturated heterocycles. The van der Waals surface area contributed by atoms with E-state index in [1.807, 2.05) is 6.07 Å². The van der Waals surface area contributed by atoms with Crippen LogP contribution in [0.4, 0.5) is 0 Å². The summed E-state index contributed by atoms with van der Waals surface area (Å²) in [5, 5.41) is 0. The van der Waals surface area contributed by atoms with Crippen LogP contribution in [0.3, 0.4) is 0 Å². The van der Waals surface area contributed by atoms with Crippen LogP contribution in [0, 0.1) is 5.92 Å². The summed E-state index contributed by atoms with van der Waals surface area (Å²) in [5.41, 5.74) is 1.27. The average molecular weight is 159 g/mol. The zero-order valence-corrected chi connectivity index (χ0v) is 7.75. The standard InChI is InChI=1S/C12H15/c1-3-11(2)9-10-12-7-5-4-6-8-12/h4-10H,3H2,1-2H3. The van der Waals surface area contributed by atoms with Crippen molar-refractivity contribution in [2.75, 3.05) is 0 Å². The lowest BCUT2D eigenvalue weighted by Gasteiger charge is -1.98. The van der Waals surface area contributed by atoms with Gasteiger partial charge in [0.1, 0.15) is 0 Å². The Morgan fingerprint density at radius 3 is 2.50 bits per heavy atom. The maximum absolute atomic E-state index is 2.18. The van der Waals surface area contributed by atoms with E-state index in [4.69, 9.17) is 0 Å². The molecule has 0 atom stereocenters. The smallest absolute Gasteiger partial charge is 0.00575 e. The number of hydrogen-bond acceptors (Lipinski definition) is 0. The quantitative estimate of drug-likeness (QED) is 0.630.